The number of hydrogen-bond donors (Lipinski definition) is 1. The zero-order valence-corrected chi connectivity index (χ0v) is 19.2. The zero-order chi connectivity index (χ0) is 21.5. The monoisotopic (exact) mass is 443 g/mol. The number of anilines is 2. The van der Waals surface area contributed by atoms with Crippen molar-refractivity contribution in [1.82, 2.24) is 14.9 Å². The molecule has 9 heteroatoms. The van der Waals surface area contributed by atoms with E-state index in [1.807, 2.05) is 50.8 Å². The molecule has 0 spiro atoms. The van der Waals surface area contributed by atoms with Crippen molar-refractivity contribution < 1.29 is 9.59 Å². The summed E-state index contributed by atoms with van der Waals surface area (Å²) >= 11 is 2.94. The van der Waals surface area contributed by atoms with Gasteiger partial charge in [0.2, 0.25) is 5.91 Å². The molecule has 4 heterocycles. The molecule has 0 unspecified atom stereocenters. The predicted octanol–water partition coefficient (Wildman–Crippen LogP) is 4.01. The number of aryl methyl sites for hydroxylation is 1. The Morgan fingerprint density at radius 3 is 2.53 bits per heavy atom. The number of thiazole rings is 1. The lowest BCUT2D eigenvalue weighted by Crippen LogP contribution is -2.48. The summed E-state index contributed by atoms with van der Waals surface area (Å²) in [7, 11) is 0. The van der Waals surface area contributed by atoms with Gasteiger partial charge in [0.05, 0.1) is 9.88 Å². The number of fused-ring (bicyclic) bond motifs is 1. The second-order valence-electron chi connectivity index (χ2n) is 8.43. The summed E-state index contributed by atoms with van der Waals surface area (Å²) in [5, 5.41) is 4.60. The number of rotatable bonds is 3. The largest absolute Gasteiger partial charge is 0.344 e. The minimum atomic E-state index is -0.478. The lowest BCUT2D eigenvalue weighted by atomic mass is 9.96. The fourth-order valence-electron chi connectivity index (χ4n) is 3.19. The highest BCUT2D eigenvalue weighted by Crippen LogP contribution is 2.31. The maximum Gasteiger partial charge on any atom is 0.264 e. The molecule has 0 aliphatic carbocycles. The zero-order valence-electron chi connectivity index (χ0n) is 17.6. The van der Waals surface area contributed by atoms with Crippen LogP contribution in [-0.4, -0.2) is 52.9 Å². The molecular formula is C21H25N5O2S2. The first-order valence-electron chi connectivity index (χ1n) is 9.90. The van der Waals surface area contributed by atoms with Crippen LogP contribution >= 0.6 is 22.7 Å². The molecule has 4 rings (SSSR count). The van der Waals surface area contributed by atoms with E-state index in [9.17, 15) is 9.59 Å². The third-order valence-electron chi connectivity index (χ3n) is 5.02. The van der Waals surface area contributed by atoms with Crippen LogP contribution in [0.4, 0.5) is 10.1 Å². The van der Waals surface area contributed by atoms with Gasteiger partial charge in [0.15, 0.2) is 5.13 Å². The Bertz CT molecular complexity index is 1060. The van der Waals surface area contributed by atoms with Crippen LogP contribution < -0.4 is 10.2 Å². The highest BCUT2D eigenvalue weighted by Gasteiger charge is 2.27. The van der Waals surface area contributed by atoms with E-state index in [-0.39, 0.29) is 11.8 Å². The van der Waals surface area contributed by atoms with Gasteiger partial charge in [-0.25, -0.2) is 9.97 Å². The molecule has 1 N–H and O–H groups in total. The van der Waals surface area contributed by atoms with Crippen LogP contribution in [0, 0.1) is 12.3 Å². The SMILES string of the molecule is Cc1cc(NC(=O)C(C)(C)C)sc1C(=O)N1CCN(c2nc3cccnc3s2)CC1. The van der Waals surface area contributed by atoms with Crippen molar-refractivity contribution in [1.29, 1.82) is 0 Å². The Kier molecular flexibility index (Phi) is 5.50. The summed E-state index contributed by atoms with van der Waals surface area (Å²) in [6.07, 6.45) is 1.78. The number of aromatic nitrogens is 2. The first kappa shape index (κ1) is 20.7. The molecule has 0 aromatic carbocycles. The van der Waals surface area contributed by atoms with Gasteiger partial charge < -0.3 is 15.1 Å². The van der Waals surface area contributed by atoms with E-state index in [2.05, 4.69) is 20.2 Å². The predicted molar refractivity (Wildman–Crippen MR) is 123 cm³/mol. The summed E-state index contributed by atoms with van der Waals surface area (Å²) in [6.45, 7) is 10.3. The standard InChI is InChI=1S/C21H25N5O2S2/c1-13-12-15(24-19(28)21(2,3)4)29-16(13)18(27)25-8-10-26(11-9-25)20-23-14-6-5-7-22-17(14)30-20/h5-7,12H,8-11H2,1-4H3,(H,24,28). The fourth-order valence-corrected chi connectivity index (χ4v) is 5.19. The molecule has 2 amide bonds. The minimum Gasteiger partial charge on any atom is -0.344 e. The molecule has 0 saturated carbocycles. The van der Waals surface area contributed by atoms with Gasteiger partial charge in [0.1, 0.15) is 10.3 Å². The number of hydrogen-bond acceptors (Lipinski definition) is 7. The van der Waals surface area contributed by atoms with Crippen LogP contribution in [0.2, 0.25) is 0 Å². The Balaban J connectivity index is 1.41. The van der Waals surface area contributed by atoms with E-state index in [1.165, 1.54) is 11.3 Å². The molecule has 0 radical (unpaired) electrons. The number of thiophene rings is 1. The van der Waals surface area contributed by atoms with Gasteiger partial charge in [-0.15, -0.1) is 11.3 Å². The maximum atomic E-state index is 13.1. The molecule has 1 fully saturated rings. The van der Waals surface area contributed by atoms with Crippen molar-refractivity contribution in [3.05, 3.63) is 34.8 Å². The number of pyridine rings is 1. The molecule has 1 saturated heterocycles. The molecule has 3 aromatic rings. The molecule has 1 aliphatic rings. The highest BCUT2D eigenvalue weighted by molar-refractivity contribution is 7.21. The highest BCUT2D eigenvalue weighted by atomic mass is 32.1. The Labute approximate surface area is 183 Å². The molecule has 30 heavy (non-hydrogen) atoms. The van der Waals surface area contributed by atoms with Crippen molar-refractivity contribution >= 4 is 55.0 Å². The smallest absolute Gasteiger partial charge is 0.264 e. The van der Waals surface area contributed by atoms with Gasteiger partial charge in [-0.1, -0.05) is 32.1 Å². The summed E-state index contributed by atoms with van der Waals surface area (Å²) in [5.41, 5.74) is 1.33. The van der Waals surface area contributed by atoms with Crippen LogP contribution in [0.15, 0.2) is 24.4 Å². The number of nitrogens with zero attached hydrogens (tertiary/aromatic N) is 4. The van der Waals surface area contributed by atoms with E-state index in [1.54, 1.807) is 17.5 Å². The average Bonchev–Trinajstić information content (AvgIpc) is 3.30. The lowest BCUT2D eigenvalue weighted by molar-refractivity contribution is -0.123. The second kappa shape index (κ2) is 7.96. The van der Waals surface area contributed by atoms with Crippen molar-refractivity contribution in [3.8, 4) is 0 Å². The van der Waals surface area contributed by atoms with Gasteiger partial charge in [0, 0.05) is 37.8 Å². The third kappa shape index (κ3) is 4.17. The van der Waals surface area contributed by atoms with Gasteiger partial charge in [0.25, 0.3) is 5.91 Å². The molecule has 3 aromatic heterocycles. The summed E-state index contributed by atoms with van der Waals surface area (Å²) in [6, 6.07) is 5.74. The molecule has 7 nitrogen and oxygen atoms in total. The van der Waals surface area contributed by atoms with Gasteiger partial charge in [-0.05, 0) is 30.7 Å². The van der Waals surface area contributed by atoms with Crippen molar-refractivity contribution in [2.75, 3.05) is 36.4 Å². The van der Waals surface area contributed by atoms with Crippen LogP contribution in [0.3, 0.4) is 0 Å². The molecular weight excluding hydrogens is 418 g/mol. The number of carbonyl (C=O) groups excluding carboxylic acids is 2. The Morgan fingerprint density at radius 1 is 1.13 bits per heavy atom. The quantitative estimate of drug-likeness (QED) is 0.662. The first-order chi connectivity index (χ1) is 14.2. The molecule has 158 valence electrons. The average molecular weight is 444 g/mol. The van der Waals surface area contributed by atoms with Crippen LogP contribution in [-0.2, 0) is 4.79 Å². The maximum absolute atomic E-state index is 13.1. The number of piperazine rings is 1. The first-order valence-corrected chi connectivity index (χ1v) is 11.5. The Morgan fingerprint density at radius 2 is 1.87 bits per heavy atom. The van der Waals surface area contributed by atoms with Crippen LogP contribution in [0.1, 0.15) is 36.0 Å². The summed E-state index contributed by atoms with van der Waals surface area (Å²) in [4.78, 5) is 40.1. The topological polar surface area (TPSA) is 78.4 Å². The minimum absolute atomic E-state index is 0.0272. The lowest BCUT2D eigenvalue weighted by Gasteiger charge is -2.34. The van der Waals surface area contributed by atoms with Crippen molar-refractivity contribution in [2.45, 2.75) is 27.7 Å². The van der Waals surface area contributed by atoms with E-state index in [0.29, 0.717) is 18.0 Å². The van der Waals surface area contributed by atoms with Crippen molar-refractivity contribution in [3.63, 3.8) is 0 Å². The second-order valence-corrected chi connectivity index (χ2v) is 10.4. The Hall–Kier alpha value is -2.52. The summed E-state index contributed by atoms with van der Waals surface area (Å²) in [5.74, 6) is -0.0268. The van der Waals surface area contributed by atoms with Gasteiger partial charge in [-0.3, -0.25) is 9.59 Å². The van der Waals surface area contributed by atoms with Gasteiger partial charge in [-0.2, -0.15) is 0 Å². The van der Waals surface area contributed by atoms with E-state index < -0.39 is 5.41 Å². The van der Waals surface area contributed by atoms with Crippen LogP contribution in [0.5, 0.6) is 0 Å². The van der Waals surface area contributed by atoms with E-state index >= 15 is 0 Å². The summed E-state index contributed by atoms with van der Waals surface area (Å²) < 4.78 is 0. The van der Waals surface area contributed by atoms with E-state index in [4.69, 9.17) is 0 Å². The third-order valence-corrected chi connectivity index (χ3v) is 7.20. The number of carbonyl (C=O) groups is 2. The van der Waals surface area contributed by atoms with E-state index in [0.717, 1.165) is 39.1 Å². The number of amides is 2. The molecule has 1 aliphatic heterocycles. The number of nitrogens with one attached hydrogen (secondary N) is 1. The van der Waals surface area contributed by atoms with Crippen LogP contribution in [0.25, 0.3) is 10.3 Å². The molecule has 0 atom stereocenters. The fraction of sp³-hybridized carbons (Fsp3) is 0.429. The van der Waals surface area contributed by atoms with Gasteiger partial charge >= 0.3 is 0 Å². The normalized spacial score (nSPS) is 14.9. The molecule has 0 bridgehead atoms. The van der Waals surface area contributed by atoms with Crippen molar-refractivity contribution in [2.24, 2.45) is 5.41 Å².